The van der Waals surface area contributed by atoms with E-state index in [-0.39, 0.29) is 6.54 Å². The summed E-state index contributed by atoms with van der Waals surface area (Å²) in [6.45, 7) is 2.30. The average Bonchev–Trinajstić information content (AvgIpc) is 2.81. The standard InChI is InChI=1S/C14H13ClFNO2/c1-2-19-14(18)13-4-3-7-17(13)9-10-5-6-11(15)8-12(10)16/h3-8H,2,9H2,1H3. The van der Waals surface area contributed by atoms with E-state index in [0.717, 1.165) is 0 Å². The summed E-state index contributed by atoms with van der Waals surface area (Å²) in [4.78, 5) is 11.7. The van der Waals surface area contributed by atoms with Gasteiger partial charge in [-0.05, 0) is 31.2 Å². The summed E-state index contributed by atoms with van der Waals surface area (Å²) < 4.78 is 20.3. The van der Waals surface area contributed by atoms with Gasteiger partial charge in [0.1, 0.15) is 11.5 Å². The van der Waals surface area contributed by atoms with E-state index in [1.165, 1.54) is 6.07 Å². The number of benzene rings is 1. The van der Waals surface area contributed by atoms with Gasteiger partial charge in [-0.15, -0.1) is 0 Å². The third-order valence-corrected chi connectivity index (χ3v) is 2.91. The maximum Gasteiger partial charge on any atom is 0.354 e. The van der Waals surface area contributed by atoms with E-state index in [1.807, 2.05) is 0 Å². The van der Waals surface area contributed by atoms with Crippen molar-refractivity contribution in [2.45, 2.75) is 13.5 Å². The van der Waals surface area contributed by atoms with Crippen LogP contribution in [-0.4, -0.2) is 17.1 Å². The zero-order valence-corrected chi connectivity index (χ0v) is 11.2. The molecule has 100 valence electrons. The molecule has 0 amide bonds. The molecule has 0 spiro atoms. The van der Waals surface area contributed by atoms with E-state index in [1.54, 1.807) is 42.0 Å². The third-order valence-electron chi connectivity index (χ3n) is 2.67. The Balaban J connectivity index is 2.24. The lowest BCUT2D eigenvalue weighted by Crippen LogP contribution is -2.12. The van der Waals surface area contributed by atoms with Crippen LogP contribution in [0.3, 0.4) is 0 Å². The number of hydrogen-bond acceptors (Lipinski definition) is 2. The predicted molar refractivity (Wildman–Crippen MR) is 70.9 cm³/mol. The first-order chi connectivity index (χ1) is 9.11. The molecule has 0 N–H and O–H groups in total. The Morgan fingerprint density at radius 1 is 1.42 bits per heavy atom. The first kappa shape index (κ1) is 13.6. The number of hydrogen-bond donors (Lipinski definition) is 0. The first-order valence-electron chi connectivity index (χ1n) is 5.88. The summed E-state index contributed by atoms with van der Waals surface area (Å²) in [6.07, 6.45) is 1.71. The number of ether oxygens (including phenoxy) is 1. The summed E-state index contributed by atoms with van der Waals surface area (Å²) in [5, 5.41) is 0.347. The van der Waals surface area contributed by atoms with Crippen molar-refractivity contribution < 1.29 is 13.9 Å². The van der Waals surface area contributed by atoms with Gasteiger partial charge < -0.3 is 9.30 Å². The van der Waals surface area contributed by atoms with Gasteiger partial charge in [-0.3, -0.25) is 0 Å². The van der Waals surface area contributed by atoms with Crippen molar-refractivity contribution in [3.05, 3.63) is 58.6 Å². The molecule has 0 saturated heterocycles. The van der Waals surface area contributed by atoms with Gasteiger partial charge in [0.25, 0.3) is 0 Å². The Kier molecular flexibility index (Phi) is 4.22. The van der Waals surface area contributed by atoms with E-state index in [4.69, 9.17) is 16.3 Å². The molecule has 19 heavy (non-hydrogen) atoms. The largest absolute Gasteiger partial charge is 0.461 e. The number of rotatable bonds is 4. The molecule has 0 aliphatic carbocycles. The summed E-state index contributed by atoms with van der Waals surface area (Å²) in [5.41, 5.74) is 0.863. The van der Waals surface area contributed by atoms with Gasteiger partial charge >= 0.3 is 5.97 Å². The molecule has 0 bridgehead atoms. The fourth-order valence-corrected chi connectivity index (χ4v) is 1.93. The van der Waals surface area contributed by atoms with Crippen molar-refractivity contribution in [2.75, 3.05) is 6.61 Å². The molecule has 0 aliphatic heterocycles. The molecule has 0 fully saturated rings. The second-order valence-electron chi connectivity index (χ2n) is 3.98. The SMILES string of the molecule is CCOC(=O)c1cccn1Cc1ccc(Cl)cc1F. The van der Waals surface area contributed by atoms with E-state index in [9.17, 15) is 9.18 Å². The molecule has 0 unspecified atom stereocenters. The smallest absolute Gasteiger partial charge is 0.354 e. The lowest BCUT2D eigenvalue weighted by atomic mass is 10.2. The molecule has 1 heterocycles. The number of carbonyl (C=O) groups is 1. The molecule has 0 aliphatic rings. The van der Waals surface area contributed by atoms with Gasteiger partial charge in [-0.1, -0.05) is 17.7 Å². The highest BCUT2D eigenvalue weighted by molar-refractivity contribution is 6.30. The van der Waals surface area contributed by atoms with Crippen LogP contribution in [0.2, 0.25) is 5.02 Å². The minimum atomic E-state index is -0.415. The van der Waals surface area contributed by atoms with Crippen molar-refractivity contribution in [1.29, 1.82) is 0 Å². The Morgan fingerprint density at radius 3 is 2.89 bits per heavy atom. The second kappa shape index (κ2) is 5.89. The Morgan fingerprint density at radius 2 is 2.21 bits per heavy atom. The van der Waals surface area contributed by atoms with Gasteiger partial charge in [-0.2, -0.15) is 0 Å². The fraction of sp³-hybridized carbons (Fsp3) is 0.214. The molecule has 0 atom stereocenters. The monoisotopic (exact) mass is 281 g/mol. The molecule has 5 heteroatoms. The maximum absolute atomic E-state index is 13.7. The van der Waals surface area contributed by atoms with Crippen molar-refractivity contribution in [1.82, 2.24) is 4.57 Å². The van der Waals surface area contributed by atoms with E-state index >= 15 is 0 Å². The molecule has 1 aromatic carbocycles. The highest BCUT2D eigenvalue weighted by atomic mass is 35.5. The molecule has 3 nitrogen and oxygen atoms in total. The average molecular weight is 282 g/mol. The fourth-order valence-electron chi connectivity index (χ4n) is 1.78. The predicted octanol–water partition coefficient (Wildman–Crippen LogP) is 3.51. The Bertz CT molecular complexity index is 595. The summed E-state index contributed by atoms with van der Waals surface area (Å²) >= 11 is 5.70. The highest BCUT2D eigenvalue weighted by Crippen LogP contribution is 2.17. The van der Waals surface area contributed by atoms with Crippen LogP contribution in [0.4, 0.5) is 4.39 Å². The van der Waals surface area contributed by atoms with Gasteiger partial charge in [0.2, 0.25) is 0 Å². The minimum absolute atomic E-state index is 0.254. The van der Waals surface area contributed by atoms with Crippen LogP contribution in [0.1, 0.15) is 23.0 Å². The second-order valence-corrected chi connectivity index (χ2v) is 4.41. The van der Waals surface area contributed by atoms with Crippen LogP contribution in [-0.2, 0) is 11.3 Å². The highest BCUT2D eigenvalue weighted by Gasteiger charge is 2.13. The quantitative estimate of drug-likeness (QED) is 0.803. The van der Waals surface area contributed by atoms with Crippen LogP contribution in [0.25, 0.3) is 0 Å². The maximum atomic E-state index is 13.7. The zero-order valence-electron chi connectivity index (χ0n) is 10.4. The van der Waals surface area contributed by atoms with Gasteiger partial charge in [0, 0.05) is 16.8 Å². The normalized spacial score (nSPS) is 10.5. The van der Waals surface area contributed by atoms with Crippen LogP contribution < -0.4 is 0 Å². The molecule has 2 aromatic rings. The van der Waals surface area contributed by atoms with Gasteiger partial charge in [-0.25, -0.2) is 9.18 Å². The first-order valence-corrected chi connectivity index (χ1v) is 6.25. The van der Waals surface area contributed by atoms with Crippen molar-refractivity contribution in [2.24, 2.45) is 0 Å². The van der Waals surface area contributed by atoms with Crippen molar-refractivity contribution >= 4 is 17.6 Å². The lowest BCUT2D eigenvalue weighted by molar-refractivity contribution is 0.0514. The van der Waals surface area contributed by atoms with Gasteiger partial charge in [0.15, 0.2) is 0 Å². The molecular formula is C14H13ClFNO2. The Hall–Kier alpha value is -1.81. The van der Waals surface area contributed by atoms with Crippen LogP contribution in [0.15, 0.2) is 36.5 Å². The molecule has 2 rings (SSSR count). The topological polar surface area (TPSA) is 31.2 Å². The summed E-state index contributed by atoms with van der Waals surface area (Å²) in [6, 6.07) is 7.84. The van der Waals surface area contributed by atoms with Crippen LogP contribution in [0.5, 0.6) is 0 Å². The molecule has 0 saturated carbocycles. The summed E-state index contributed by atoms with van der Waals surface area (Å²) in [5.74, 6) is -0.808. The van der Waals surface area contributed by atoms with Gasteiger partial charge in [0.05, 0.1) is 13.2 Å². The lowest BCUT2D eigenvalue weighted by Gasteiger charge is -2.09. The summed E-state index contributed by atoms with van der Waals surface area (Å²) in [7, 11) is 0. The molecular weight excluding hydrogens is 269 g/mol. The zero-order chi connectivity index (χ0) is 13.8. The number of aromatic nitrogens is 1. The third kappa shape index (κ3) is 3.15. The number of halogens is 2. The van der Waals surface area contributed by atoms with Crippen LogP contribution in [0, 0.1) is 5.82 Å². The number of carbonyl (C=O) groups excluding carboxylic acids is 1. The number of nitrogens with zero attached hydrogens (tertiary/aromatic N) is 1. The Labute approximate surface area is 115 Å². The van der Waals surface area contributed by atoms with Crippen molar-refractivity contribution in [3.8, 4) is 0 Å². The van der Waals surface area contributed by atoms with Crippen LogP contribution >= 0.6 is 11.6 Å². The number of esters is 1. The molecule has 0 radical (unpaired) electrons. The molecule has 1 aromatic heterocycles. The van der Waals surface area contributed by atoms with E-state index < -0.39 is 11.8 Å². The van der Waals surface area contributed by atoms with E-state index in [2.05, 4.69) is 0 Å². The minimum Gasteiger partial charge on any atom is -0.461 e. The van der Waals surface area contributed by atoms with Crippen molar-refractivity contribution in [3.63, 3.8) is 0 Å². The van der Waals surface area contributed by atoms with E-state index in [0.29, 0.717) is 22.9 Å².